The van der Waals surface area contributed by atoms with Crippen LogP contribution in [0.15, 0.2) is 182 Å². The van der Waals surface area contributed by atoms with Gasteiger partial charge in [-0.1, -0.05) is 158 Å². The minimum atomic E-state index is -1.13. The fourth-order valence-electron chi connectivity index (χ4n) is 6.71. The first-order chi connectivity index (χ1) is 24.8. The Balaban J connectivity index is 1.33. The van der Waals surface area contributed by atoms with Gasteiger partial charge in [-0.15, -0.1) is 0 Å². The van der Waals surface area contributed by atoms with E-state index in [1.54, 1.807) is 0 Å². The molecule has 0 aliphatic rings. The lowest BCUT2D eigenvalue weighted by molar-refractivity contribution is 1.34. The number of nitrogens with one attached hydrogen (secondary N) is 2. The fourth-order valence-corrected chi connectivity index (χ4v) is 12.3. The summed E-state index contributed by atoms with van der Waals surface area (Å²) in [6.07, 6.45) is 0. The molecule has 0 unspecified atom stereocenters. The van der Waals surface area contributed by atoms with Crippen LogP contribution in [0, 0.1) is 0 Å². The van der Waals surface area contributed by atoms with Crippen LogP contribution < -0.4 is 31.8 Å². The average molecular weight is 679 g/mol. The van der Waals surface area contributed by atoms with E-state index in [1.165, 1.54) is 31.8 Å². The molecule has 0 bridgehead atoms. The molecule has 0 amide bonds. The molecule has 6 heteroatoms. The molecule has 9 aromatic rings. The number of nitrogens with zero attached hydrogens (tertiary/aromatic N) is 2. The van der Waals surface area contributed by atoms with Gasteiger partial charge in [0, 0.05) is 11.1 Å². The first-order valence-corrected chi connectivity index (χ1v) is 19.4. The summed E-state index contributed by atoms with van der Waals surface area (Å²) in [5.74, 6) is 1.75. The van der Waals surface area contributed by atoms with Crippen LogP contribution in [0.5, 0.6) is 0 Å². The minimum Gasteiger partial charge on any atom is -0.338 e. The molecule has 0 aliphatic heterocycles. The van der Waals surface area contributed by atoms with Gasteiger partial charge in [-0.3, -0.25) is 0 Å². The van der Waals surface area contributed by atoms with Crippen molar-refractivity contribution in [1.82, 2.24) is 19.9 Å². The van der Waals surface area contributed by atoms with E-state index in [1.807, 2.05) is 12.1 Å². The minimum absolute atomic E-state index is 0.871. The van der Waals surface area contributed by atoms with E-state index in [0.717, 1.165) is 44.8 Å². The summed E-state index contributed by atoms with van der Waals surface area (Å²) in [6.45, 7) is 0. The molecule has 50 heavy (non-hydrogen) atoms. The molecule has 9 rings (SSSR count). The topological polar surface area (TPSA) is 57.4 Å². The third-order valence-electron chi connectivity index (χ3n) is 8.97. The molecular formula is C44H32N4P2. The Morgan fingerprint density at radius 2 is 0.680 bits per heavy atom. The number of para-hydroxylation sites is 4. The van der Waals surface area contributed by atoms with Gasteiger partial charge in [-0.05, 0) is 71.9 Å². The van der Waals surface area contributed by atoms with Crippen LogP contribution in [0.1, 0.15) is 0 Å². The van der Waals surface area contributed by atoms with Gasteiger partial charge in [0.2, 0.25) is 0 Å². The molecular weight excluding hydrogens is 646 g/mol. The van der Waals surface area contributed by atoms with Crippen molar-refractivity contribution in [2.45, 2.75) is 0 Å². The third-order valence-corrected chi connectivity index (χ3v) is 14.3. The van der Waals surface area contributed by atoms with Gasteiger partial charge in [0.05, 0.1) is 22.1 Å². The Bertz CT molecular complexity index is 2350. The van der Waals surface area contributed by atoms with Crippen molar-refractivity contribution in [3.63, 3.8) is 0 Å². The van der Waals surface area contributed by atoms with Gasteiger partial charge in [0.15, 0.2) is 0 Å². The molecule has 0 atom stereocenters. The zero-order valence-electron chi connectivity index (χ0n) is 27.1. The van der Waals surface area contributed by atoms with Crippen molar-refractivity contribution in [3.8, 4) is 22.8 Å². The van der Waals surface area contributed by atoms with Crippen molar-refractivity contribution in [1.29, 1.82) is 0 Å². The number of hydrogen-bond donors (Lipinski definition) is 2. The molecule has 0 aliphatic carbocycles. The van der Waals surface area contributed by atoms with Gasteiger partial charge >= 0.3 is 0 Å². The van der Waals surface area contributed by atoms with Crippen LogP contribution in [0.2, 0.25) is 0 Å². The highest BCUT2D eigenvalue weighted by atomic mass is 31.1. The van der Waals surface area contributed by atoms with Crippen LogP contribution in [0.25, 0.3) is 44.8 Å². The first-order valence-electron chi connectivity index (χ1n) is 16.7. The molecule has 0 saturated heterocycles. The summed E-state index contributed by atoms with van der Waals surface area (Å²) < 4.78 is 0. The summed E-state index contributed by atoms with van der Waals surface area (Å²) >= 11 is 0. The van der Waals surface area contributed by atoms with Crippen molar-refractivity contribution in [2.24, 2.45) is 0 Å². The number of fused-ring (bicyclic) bond motifs is 2. The summed E-state index contributed by atoms with van der Waals surface area (Å²) in [5.41, 5.74) is 6.19. The van der Waals surface area contributed by atoms with E-state index in [9.17, 15) is 0 Å². The third kappa shape index (κ3) is 5.63. The second kappa shape index (κ2) is 13.3. The highest BCUT2D eigenvalue weighted by molar-refractivity contribution is 7.85. The normalized spacial score (nSPS) is 11.6. The maximum atomic E-state index is 5.12. The summed E-state index contributed by atoms with van der Waals surface area (Å²) in [4.78, 5) is 17.5. The maximum absolute atomic E-state index is 5.12. The molecule has 4 nitrogen and oxygen atoms in total. The number of aromatic amines is 2. The maximum Gasteiger partial charge on any atom is 0.139 e. The number of aromatic nitrogens is 4. The van der Waals surface area contributed by atoms with E-state index in [2.05, 4.69) is 180 Å². The zero-order valence-corrected chi connectivity index (χ0v) is 28.9. The van der Waals surface area contributed by atoms with Gasteiger partial charge in [0.25, 0.3) is 0 Å². The summed E-state index contributed by atoms with van der Waals surface area (Å²) in [7, 11) is -2.00. The van der Waals surface area contributed by atoms with Crippen LogP contribution in [-0.4, -0.2) is 19.9 Å². The number of H-pyrrole nitrogens is 2. The Morgan fingerprint density at radius 3 is 1.14 bits per heavy atom. The lowest BCUT2D eigenvalue weighted by atomic mass is 10.2. The molecule has 2 aromatic heterocycles. The molecule has 0 saturated carbocycles. The lowest BCUT2D eigenvalue weighted by Gasteiger charge is -2.29. The number of imidazole rings is 2. The Hall–Kier alpha value is -5.66. The Morgan fingerprint density at radius 1 is 0.320 bits per heavy atom. The summed E-state index contributed by atoms with van der Waals surface area (Å²) in [5, 5.41) is 7.82. The highest BCUT2D eigenvalue weighted by Crippen LogP contribution is 2.43. The standard InChI is InChI=1S/C44H32N4P2/c1-3-17-31(18-4-1)49(32-19-5-2-6-20-32)41-29-15-16-30-42(41)50(39-27-13-7-21-33(39)43-45-35-23-9-10-24-36(35)46-43)40-28-14-8-22-34(40)44-47-37-25-11-12-26-38(37)48-44/h1-30H,(H,45,46)(H,47,48). The predicted octanol–water partition coefficient (Wildman–Crippen LogP) is 8.29. The van der Waals surface area contributed by atoms with E-state index in [0.29, 0.717) is 0 Å². The van der Waals surface area contributed by atoms with Crippen molar-refractivity contribution < 1.29 is 0 Å². The van der Waals surface area contributed by atoms with Crippen LogP contribution in [-0.2, 0) is 0 Å². The van der Waals surface area contributed by atoms with Crippen molar-refractivity contribution in [2.75, 3.05) is 0 Å². The average Bonchev–Trinajstić information content (AvgIpc) is 3.82. The Kier molecular flexibility index (Phi) is 8.11. The molecule has 0 fully saturated rings. The molecule has 0 radical (unpaired) electrons. The van der Waals surface area contributed by atoms with Crippen LogP contribution in [0.3, 0.4) is 0 Å². The van der Waals surface area contributed by atoms with E-state index in [-0.39, 0.29) is 0 Å². The van der Waals surface area contributed by atoms with E-state index >= 15 is 0 Å². The molecule has 0 spiro atoms. The fraction of sp³-hybridized carbons (Fsp3) is 0. The first kappa shape index (κ1) is 30.4. The van der Waals surface area contributed by atoms with E-state index < -0.39 is 15.8 Å². The second-order valence-corrected chi connectivity index (χ2v) is 16.4. The SMILES string of the molecule is c1ccc(P(c2ccccc2)c2ccccc2P(c2ccccc2-c2nc3ccccc3[nH]2)c2ccccc2-c2nc3ccccc3[nH]2)cc1. The molecule has 2 heterocycles. The van der Waals surface area contributed by atoms with Crippen LogP contribution >= 0.6 is 15.8 Å². The number of rotatable bonds is 8. The van der Waals surface area contributed by atoms with Crippen LogP contribution in [0.4, 0.5) is 0 Å². The van der Waals surface area contributed by atoms with Gasteiger partial charge in [-0.25, -0.2) is 9.97 Å². The quantitative estimate of drug-likeness (QED) is 0.159. The van der Waals surface area contributed by atoms with E-state index in [4.69, 9.17) is 9.97 Å². The van der Waals surface area contributed by atoms with Gasteiger partial charge in [0.1, 0.15) is 11.6 Å². The highest BCUT2D eigenvalue weighted by Gasteiger charge is 2.30. The zero-order chi connectivity index (χ0) is 33.3. The summed E-state index contributed by atoms with van der Waals surface area (Å²) in [6, 6.07) is 65.2. The van der Waals surface area contributed by atoms with Crippen molar-refractivity contribution >= 4 is 69.7 Å². The smallest absolute Gasteiger partial charge is 0.139 e. The monoisotopic (exact) mass is 678 g/mol. The van der Waals surface area contributed by atoms with Gasteiger partial charge < -0.3 is 9.97 Å². The van der Waals surface area contributed by atoms with Crippen molar-refractivity contribution in [3.05, 3.63) is 182 Å². The molecule has 238 valence electrons. The lowest BCUT2D eigenvalue weighted by Crippen LogP contribution is -2.35. The number of benzene rings is 7. The largest absolute Gasteiger partial charge is 0.338 e. The molecule has 7 aromatic carbocycles. The number of hydrogen-bond acceptors (Lipinski definition) is 2. The Labute approximate surface area is 293 Å². The molecule has 2 N–H and O–H groups in total. The van der Waals surface area contributed by atoms with Gasteiger partial charge in [-0.2, -0.15) is 0 Å². The second-order valence-electron chi connectivity index (χ2n) is 12.1. The predicted molar refractivity (Wildman–Crippen MR) is 214 cm³/mol.